The van der Waals surface area contributed by atoms with Crippen LogP contribution in [-0.4, -0.2) is 4.57 Å². The van der Waals surface area contributed by atoms with Crippen molar-refractivity contribution in [1.29, 1.82) is 0 Å². The summed E-state index contributed by atoms with van der Waals surface area (Å²) < 4.78 is 2.54. The molecule has 0 spiro atoms. The van der Waals surface area contributed by atoms with Crippen molar-refractivity contribution in [2.75, 3.05) is 0 Å². The molecule has 0 aliphatic carbocycles. The van der Waals surface area contributed by atoms with E-state index in [0.29, 0.717) is 0 Å². The highest BCUT2D eigenvalue weighted by Gasteiger charge is 1.99. The van der Waals surface area contributed by atoms with Crippen LogP contribution in [0.4, 0.5) is 0 Å². The van der Waals surface area contributed by atoms with E-state index < -0.39 is 0 Å². The molecule has 0 amide bonds. The van der Waals surface area contributed by atoms with Crippen LogP contribution in [0, 0.1) is 5.21 Å². The zero-order valence-corrected chi connectivity index (χ0v) is 6.42. The Morgan fingerprint density at radius 2 is 1.92 bits per heavy atom. The normalized spacial score (nSPS) is 10.0. The Morgan fingerprint density at radius 3 is 2.50 bits per heavy atom. The minimum atomic E-state index is 0.771. The second-order valence-corrected chi connectivity index (χ2v) is 2.52. The highest BCUT2D eigenvalue weighted by Crippen LogP contribution is 2.03. The lowest BCUT2D eigenvalue weighted by atomic mass is 10.3. The molecule has 0 aliphatic heterocycles. The fourth-order valence-electron chi connectivity index (χ4n) is 1.09. The molecule has 1 aromatic heterocycles. The highest BCUT2D eigenvalue weighted by molar-refractivity contribution is 5.30. The molecule has 1 aromatic carbocycles. The van der Waals surface area contributed by atoms with Crippen LogP contribution in [0.1, 0.15) is 0 Å². The average Bonchev–Trinajstić information content (AvgIpc) is 2.54. The molecule has 3 heteroatoms. The minimum Gasteiger partial charge on any atom is -0.711 e. The van der Waals surface area contributed by atoms with Gasteiger partial charge in [-0.3, -0.25) is 0 Å². The molecule has 0 fully saturated rings. The van der Waals surface area contributed by atoms with Gasteiger partial charge in [0.15, 0.2) is 0 Å². The van der Waals surface area contributed by atoms with Crippen LogP contribution < -0.4 is 4.73 Å². The molecule has 0 bridgehead atoms. The summed E-state index contributed by atoms with van der Waals surface area (Å²) in [6.07, 6.45) is 4.67. The number of hydrogen-bond acceptors (Lipinski definition) is 1. The first-order valence-electron chi connectivity index (χ1n) is 3.68. The number of para-hydroxylation sites is 1. The molecule has 0 saturated carbocycles. The average molecular weight is 160 g/mol. The van der Waals surface area contributed by atoms with Crippen LogP contribution >= 0.6 is 0 Å². The fourth-order valence-corrected chi connectivity index (χ4v) is 1.09. The predicted molar refractivity (Wildman–Crippen MR) is 44.7 cm³/mol. The minimum absolute atomic E-state index is 0.771. The summed E-state index contributed by atoms with van der Waals surface area (Å²) >= 11 is 0. The molecular weight excluding hydrogens is 152 g/mol. The summed E-state index contributed by atoms with van der Waals surface area (Å²) in [5, 5.41) is 10.8. The van der Waals surface area contributed by atoms with Crippen molar-refractivity contribution in [3.63, 3.8) is 0 Å². The van der Waals surface area contributed by atoms with Crippen LogP contribution in [0.5, 0.6) is 0 Å². The predicted octanol–water partition coefficient (Wildman–Crippen LogP) is 1.11. The van der Waals surface area contributed by atoms with Crippen LogP contribution in [-0.2, 0) is 0 Å². The Kier molecular flexibility index (Phi) is 1.55. The second kappa shape index (κ2) is 2.70. The maximum absolute atomic E-state index is 10.8. The number of benzene rings is 1. The molecule has 0 atom stereocenters. The van der Waals surface area contributed by atoms with Crippen molar-refractivity contribution in [3.8, 4) is 5.69 Å². The monoisotopic (exact) mass is 160 g/mol. The number of imidazole rings is 1. The topological polar surface area (TPSA) is 31.9 Å². The number of hydrogen-bond donors (Lipinski definition) is 0. The van der Waals surface area contributed by atoms with E-state index in [4.69, 9.17) is 0 Å². The Morgan fingerprint density at radius 1 is 1.17 bits per heavy atom. The van der Waals surface area contributed by atoms with Gasteiger partial charge in [-0.2, -0.15) is 0 Å². The van der Waals surface area contributed by atoms with Crippen molar-refractivity contribution in [1.82, 2.24) is 4.57 Å². The van der Waals surface area contributed by atoms with Gasteiger partial charge in [0.05, 0.1) is 0 Å². The van der Waals surface area contributed by atoms with Crippen LogP contribution in [0.3, 0.4) is 0 Å². The van der Waals surface area contributed by atoms with Gasteiger partial charge < -0.3 is 5.21 Å². The van der Waals surface area contributed by atoms with Crippen LogP contribution in [0.25, 0.3) is 5.69 Å². The molecule has 0 saturated heterocycles. The van der Waals surface area contributed by atoms with Gasteiger partial charge >= 0.3 is 0 Å². The van der Waals surface area contributed by atoms with Gasteiger partial charge in [-0.25, -0.2) is 9.30 Å². The lowest BCUT2D eigenvalue weighted by Gasteiger charge is -1.94. The zero-order chi connectivity index (χ0) is 8.39. The van der Waals surface area contributed by atoms with E-state index in [0.717, 1.165) is 10.4 Å². The van der Waals surface area contributed by atoms with E-state index >= 15 is 0 Å². The SMILES string of the molecule is [O-][n+]1ccn(-c2ccccc2)c1. The second-order valence-electron chi connectivity index (χ2n) is 2.52. The first kappa shape index (κ1) is 6.91. The van der Waals surface area contributed by atoms with Gasteiger partial charge in [0.25, 0.3) is 6.33 Å². The van der Waals surface area contributed by atoms with Crippen molar-refractivity contribution in [3.05, 3.63) is 54.3 Å². The molecular formula is C9H8N2O. The molecule has 1 heterocycles. The third kappa shape index (κ3) is 1.16. The van der Waals surface area contributed by atoms with E-state index in [2.05, 4.69) is 0 Å². The molecule has 3 nitrogen and oxygen atoms in total. The molecule has 2 rings (SSSR count). The van der Waals surface area contributed by atoms with Crippen molar-refractivity contribution in [2.45, 2.75) is 0 Å². The van der Waals surface area contributed by atoms with Gasteiger partial charge in [-0.05, 0) is 12.1 Å². The standard InChI is InChI=1S/C9H8N2O/c12-11-7-6-10(8-11)9-4-2-1-3-5-9/h1-8H. The first-order valence-corrected chi connectivity index (χ1v) is 3.68. The number of aromatic nitrogens is 2. The number of rotatable bonds is 1. The van der Waals surface area contributed by atoms with Crippen molar-refractivity contribution < 1.29 is 4.73 Å². The van der Waals surface area contributed by atoms with E-state index in [9.17, 15) is 5.21 Å². The fraction of sp³-hybridized carbons (Fsp3) is 0. The molecule has 0 N–H and O–H groups in total. The summed E-state index contributed by atoms with van der Waals surface area (Å²) in [6, 6.07) is 9.70. The van der Waals surface area contributed by atoms with Gasteiger partial charge in [0.2, 0.25) is 0 Å². The lowest BCUT2D eigenvalue weighted by Crippen LogP contribution is -2.21. The van der Waals surface area contributed by atoms with E-state index in [1.807, 2.05) is 30.3 Å². The first-order chi connectivity index (χ1) is 5.86. The Labute approximate surface area is 70.1 Å². The third-order valence-electron chi connectivity index (χ3n) is 1.67. The molecule has 0 unspecified atom stereocenters. The molecule has 12 heavy (non-hydrogen) atoms. The van der Waals surface area contributed by atoms with Crippen LogP contribution in [0.2, 0.25) is 0 Å². The van der Waals surface area contributed by atoms with Gasteiger partial charge in [0.1, 0.15) is 18.1 Å². The smallest absolute Gasteiger partial charge is 0.252 e. The quantitative estimate of drug-likeness (QED) is 0.454. The van der Waals surface area contributed by atoms with Gasteiger partial charge in [0, 0.05) is 0 Å². The van der Waals surface area contributed by atoms with E-state index in [1.165, 1.54) is 12.5 Å². The number of nitrogens with zero attached hydrogens (tertiary/aromatic N) is 2. The largest absolute Gasteiger partial charge is 0.711 e. The van der Waals surface area contributed by atoms with Gasteiger partial charge in [-0.15, -0.1) is 0 Å². The van der Waals surface area contributed by atoms with Crippen molar-refractivity contribution >= 4 is 0 Å². The molecule has 2 aromatic rings. The third-order valence-corrected chi connectivity index (χ3v) is 1.67. The summed E-state index contributed by atoms with van der Waals surface area (Å²) in [4.78, 5) is 0. The molecule has 60 valence electrons. The molecule has 0 aliphatic rings. The maximum atomic E-state index is 10.8. The summed E-state index contributed by atoms with van der Waals surface area (Å²) in [6.45, 7) is 0. The summed E-state index contributed by atoms with van der Waals surface area (Å²) in [5.41, 5.74) is 0.993. The summed E-state index contributed by atoms with van der Waals surface area (Å²) in [7, 11) is 0. The Balaban J connectivity index is 2.45. The molecule has 0 radical (unpaired) electrons. The van der Waals surface area contributed by atoms with Crippen LogP contribution in [0.15, 0.2) is 49.1 Å². The van der Waals surface area contributed by atoms with Gasteiger partial charge in [-0.1, -0.05) is 18.2 Å². The van der Waals surface area contributed by atoms with Crippen molar-refractivity contribution in [2.24, 2.45) is 0 Å². The Hall–Kier alpha value is -1.77. The van der Waals surface area contributed by atoms with E-state index in [1.54, 1.807) is 10.8 Å². The highest BCUT2D eigenvalue weighted by atomic mass is 16.5. The van der Waals surface area contributed by atoms with E-state index in [-0.39, 0.29) is 0 Å². The Bertz CT molecular complexity index is 367. The maximum Gasteiger partial charge on any atom is 0.252 e. The summed E-state index contributed by atoms with van der Waals surface area (Å²) in [5.74, 6) is 0. The zero-order valence-electron chi connectivity index (χ0n) is 6.42. The lowest BCUT2D eigenvalue weighted by molar-refractivity contribution is -0.604.